The van der Waals surface area contributed by atoms with Gasteiger partial charge in [-0.2, -0.15) is 0 Å². The predicted molar refractivity (Wildman–Crippen MR) is 208 cm³/mol. The highest BCUT2D eigenvalue weighted by atomic mass is 32.1. The summed E-state index contributed by atoms with van der Waals surface area (Å²) >= 11 is 1.56. The van der Waals surface area contributed by atoms with Crippen molar-refractivity contribution in [3.8, 4) is 33.4 Å². The van der Waals surface area contributed by atoms with E-state index in [-0.39, 0.29) is 5.69 Å². The fourth-order valence-electron chi connectivity index (χ4n) is 5.90. The Hall–Kier alpha value is -5.96. The fraction of sp³-hybridized carbons (Fsp3) is 0. The molecule has 1 heterocycles. The molecule has 0 N–H and O–H groups in total. The first-order chi connectivity index (χ1) is 30.1. The van der Waals surface area contributed by atoms with E-state index >= 15 is 0 Å². The SMILES string of the molecule is [2H]c1c([2H])c([2H])c(-c2c([2H])c([2H])c([2H])c3c([2H])c([2H])c(-c4c([2H])c([2H])c(N(c5ccc(-c6ccccc6)cc5)c5cccc6sc7ccccc7c56)c([2H])c4[2H])c([2H])c23)c([2H])c1[2H]. The van der Waals surface area contributed by atoms with Crippen molar-refractivity contribution in [2.24, 2.45) is 0 Å². The molecule has 0 fully saturated rings. The molecule has 0 unspecified atom stereocenters. The molecule has 1 aromatic heterocycles. The third-order valence-corrected chi connectivity index (χ3v) is 9.26. The van der Waals surface area contributed by atoms with Crippen LogP contribution in [0.15, 0.2) is 188 Å². The molecular weight excluding hydrogens is 599 g/mol. The van der Waals surface area contributed by atoms with Crippen LogP contribution in [0.2, 0.25) is 0 Å². The monoisotopic (exact) mass is 644 g/mol. The van der Waals surface area contributed by atoms with Crippen molar-refractivity contribution in [3.05, 3.63) is 188 Å². The van der Waals surface area contributed by atoms with Crippen LogP contribution in [-0.2, 0) is 0 Å². The van der Waals surface area contributed by atoms with Gasteiger partial charge in [0.1, 0.15) is 0 Å². The lowest BCUT2D eigenvalue weighted by molar-refractivity contribution is 1.30. The molecule has 0 aliphatic heterocycles. The fourth-order valence-corrected chi connectivity index (χ4v) is 7.03. The summed E-state index contributed by atoms with van der Waals surface area (Å²) in [4.78, 5) is 1.66. The number of thiophene rings is 1. The molecule has 0 radical (unpaired) electrons. The van der Waals surface area contributed by atoms with Gasteiger partial charge in [0.25, 0.3) is 0 Å². The van der Waals surface area contributed by atoms with Crippen LogP contribution in [0, 0.1) is 0 Å². The largest absolute Gasteiger partial charge is 0.310 e. The first kappa shape index (κ1) is 16.7. The number of hydrogen-bond acceptors (Lipinski definition) is 2. The van der Waals surface area contributed by atoms with Crippen LogP contribution in [0.25, 0.3) is 64.3 Å². The molecule has 226 valence electrons. The van der Waals surface area contributed by atoms with E-state index in [4.69, 9.17) is 13.7 Å². The molecule has 0 bridgehead atoms. The van der Waals surface area contributed by atoms with Crippen molar-refractivity contribution in [3.63, 3.8) is 0 Å². The van der Waals surface area contributed by atoms with Gasteiger partial charge in [-0.3, -0.25) is 0 Å². The minimum atomic E-state index is -0.776. The minimum Gasteiger partial charge on any atom is -0.310 e. The quantitative estimate of drug-likeness (QED) is 0.174. The second kappa shape index (κ2) is 12.0. The molecular formula is C46H31NS. The highest BCUT2D eigenvalue weighted by Crippen LogP contribution is 2.45. The zero-order valence-corrected chi connectivity index (χ0v) is 25.9. The standard InChI is InChI=1S/C46H31NS/c1-3-11-32(12-4-1)33-23-27-38(28-24-33)47(43-18-10-20-45-46(43)41-16-7-8-19-44(41)48-45)39-29-25-34(26-30-39)37-22-21-36-15-9-17-40(42(36)31-37)35-13-5-2-6-14-35/h1-31H/i2D,5D,6D,9D,13D,14D,15D,17D,21D,22D,25D,26D,29D,30D,31D. The van der Waals surface area contributed by atoms with E-state index in [1.165, 1.54) is 0 Å². The van der Waals surface area contributed by atoms with Crippen LogP contribution in [0.1, 0.15) is 20.6 Å². The summed E-state index contributed by atoms with van der Waals surface area (Å²) in [6, 6.07) is 19.9. The Bertz CT molecular complexity index is 3350. The van der Waals surface area contributed by atoms with Crippen molar-refractivity contribution in [2.75, 3.05) is 4.90 Å². The summed E-state index contributed by atoms with van der Waals surface area (Å²) in [5.41, 5.74) is 0.587. The number of anilines is 3. The zero-order chi connectivity index (χ0) is 44.9. The Morgan fingerprint density at radius 2 is 1.17 bits per heavy atom. The first-order valence-electron chi connectivity index (χ1n) is 22.6. The van der Waals surface area contributed by atoms with Crippen LogP contribution in [-0.4, -0.2) is 0 Å². The topological polar surface area (TPSA) is 3.24 Å². The molecule has 2 heteroatoms. The molecule has 0 saturated carbocycles. The lowest BCUT2D eigenvalue weighted by Crippen LogP contribution is -2.10. The van der Waals surface area contributed by atoms with Crippen molar-refractivity contribution in [1.82, 2.24) is 0 Å². The van der Waals surface area contributed by atoms with Crippen LogP contribution in [0.5, 0.6) is 0 Å². The molecule has 0 saturated heterocycles. The molecule has 1 nitrogen and oxygen atoms in total. The molecule has 0 aliphatic carbocycles. The van der Waals surface area contributed by atoms with Crippen LogP contribution >= 0.6 is 11.3 Å². The van der Waals surface area contributed by atoms with E-state index in [9.17, 15) is 6.85 Å². The number of nitrogens with zero attached hydrogens (tertiary/aromatic N) is 1. The molecule has 0 spiro atoms. The Labute approximate surface area is 305 Å². The Morgan fingerprint density at radius 1 is 0.438 bits per heavy atom. The molecule has 0 aliphatic rings. The van der Waals surface area contributed by atoms with Crippen LogP contribution in [0.4, 0.5) is 17.1 Å². The van der Waals surface area contributed by atoms with E-state index in [1.807, 2.05) is 97.1 Å². The average Bonchev–Trinajstić information content (AvgIpc) is 3.68. The normalized spacial score (nSPS) is 15.7. The highest BCUT2D eigenvalue weighted by molar-refractivity contribution is 7.26. The Balaban J connectivity index is 1.35. The van der Waals surface area contributed by atoms with Crippen molar-refractivity contribution < 1.29 is 20.6 Å². The number of rotatable bonds is 6. The van der Waals surface area contributed by atoms with Crippen molar-refractivity contribution >= 4 is 59.3 Å². The Morgan fingerprint density at radius 3 is 2.00 bits per heavy atom. The smallest absolute Gasteiger partial charge is 0.0645 e. The van der Waals surface area contributed by atoms with E-state index in [0.717, 1.165) is 31.3 Å². The van der Waals surface area contributed by atoms with E-state index < -0.39 is 124 Å². The zero-order valence-electron chi connectivity index (χ0n) is 40.1. The number of fused-ring (bicyclic) bond motifs is 4. The molecule has 9 aromatic rings. The third kappa shape index (κ3) is 5.04. The Kier molecular flexibility index (Phi) is 4.19. The summed E-state index contributed by atoms with van der Waals surface area (Å²) in [5, 5.41) is 0.765. The molecule has 0 amide bonds. The molecule has 0 atom stereocenters. The van der Waals surface area contributed by atoms with E-state index in [1.54, 1.807) is 16.2 Å². The lowest BCUT2D eigenvalue weighted by atomic mass is 9.95. The van der Waals surface area contributed by atoms with Gasteiger partial charge >= 0.3 is 0 Å². The van der Waals surface area contributed by atoms with Crippen molar-refractivity contribution in [1.29, 1.82) is 0 Å². The molecule has 48 heavy (non-hydrogen) atoms. The maximum atomic E-state index is 9.62. The highest BCUT2D eigenvalue weighted by Gasteiger charge is 2.19. The van der Waals surface area contributed by atoms with Crippen molar-refractivity contribution in [2.45, 2.75) is 0 Å². The van der Waals surface area contributed by atoms with Gasteiger partial charge in [-0.25, -0.2) is 0 Å². The van der Waals surface area contributed by atoms with Crippen LogP contribution < -0.4 is 4.90 Å². The minimum absolute atomic E-state index is 0.144. The summed E-state index contributed by atoms with van der Waals surface area (Å²) in [7, 11) is 0. The van der Waals surface area contributed by atoms with Gasteiger partial charge in [0.2, 0.25) is 0 Å². The van der Waals surface area contributed by atoms with E-state index in [0.29, 0.717) is 11.4 Å². The molecule has 9 rings (SSSR count). The van der Waals surface area contributed by atoms with Gasteiger partial charge in [-0.05, 0) is 92.6 Å². The maximum absolute atomic E-state index is 9.62. The van der Waals surface area contributed by atoms with Gasteiger partial charge in [0, 0.05) is 31.5 Å². The van der Waals surface area contributed by atoms with Gasteiger partial charge < -0.3 is 4.90 Å². The summed E-state index contributed by atoms with van der Waals surface area (Å²) < 4.78 is 136. The summed E-state index contributed by atoms with van der Waals surface area (Å²) in [6.07, 6.45) is 0. The first-order valence-corrected chi connectivity index (χ1v) is 15.9. The molecule has 8 aromatic carbocycles. The second-order valence-corrected chi connectivity index (χ2v) is 12.1. The summed E-state index contributed by atoms with van der Waals surface area (Å²) in [5.74, 6) is 0. The average molecular weight is 645 g/mol. The predicted octanol–water partition coefficient (Wildman–Crippen LogP) is 13.7. The second-order valence-electron chi connectivity index (χ2n) is 11.0. The van der Waals surface area contributed by atoms with E-state index in [2.05, 4.69) is 0 Å². The third-order valence-electron chi connectivity index (χ3n) is 8.13. The number of benzene rings is 8. The maximum Gasteiger partial charge on any atom is 0.0645 e. The summed E-state index contributed by atoms with van der Waals surface area (Å²) in [6.45, 7) is 0. The van der Waals surface area contributed by atoms with Gasteiger partial charge in [0.15, 0.2) is 0 Å². The number of hydrogen-bond donors (Lipinski definition) is 0. The lowest BCUT2D eigenvalue weighted by Gasteiger charge is -2.27. The van der Waals surface area contributed by atoms with Gasteiger partial charge in [-0.1, -0.05) is 139 Å². The van der Waals surface area contributed by atoms with Gasteiger partial charge in [-0.15, -0.1) is 11.3 Å². The van der Waals surface area contributed by atoms with Crippen LogP contribution in [0.3, 0.4) is 0 Å². The van der Waals surface area contributed by atoms with Gasteiger partial charge in [0.05, 0.1) is 26.2 Å².